The SMILES string of the molecule is CC[C@@H](C)c1ccc(NC(=O)CN2C(=O)c3ccccc3C2=O)cc1. The van der Waals surface area contributed by atoms with Crippen LogP contribution in [-0.2, 0) is 4.79 Å². The molecule has 2 aromatic rings. The van der Waals surface area contributed by atoms with Crippen molar-refractivity contribution in [2.45, 2.75) is 26.2 Å². The highest BCUT2D eigenvalue weighted by Crippen LogP contribution is 2.23. The van der Waals surface area contributed by atoms with Crippen molar-refractivity contribution in [3.8, 4) is 0 Å². The second-order valence-corrected chi connectivity index (χ2v) is 6.22. The smallest absolute Gasteiger partial charge is 0.262 e. The molecule has 0 bridgehead atoms. The standard InChI is InChI=1S/C20H20N2O3/c1-3-13(2)14-8-10-15(11-9-14)21-18(23)12-22-19(24)16-6-4-5-7-17(16)20(22)25/h4-11,13H,3,12H2,1-2H3,(H,21,23)/t13-/m1/s1. The van der Waals surface area contributed by atoms with Gasteiger partial charge in [0, 0.05) is 5.69 Å². The van der Waals surface area contributed by atoms with Crippen LogP contribution in [0.2, 0.25) is 0 Å². The Morgan fingerprint density at radius 3 is 2.08 bits per heavy atom. The molecule has 1 aliphatic rings. The molecule has 3 rings (SSSR count). The van der Waals surface area contributed by atoms with Crippen LogP contribution < -0.4 is 5.32 Å². The van der Waals surface area contributed by atoms with Gasteiger partial charge in [0.15, 0.2) is 0 Å². The van der Waals surface area contributed by atoms with Crippen LogP contribution in [-0.4, -0.2) is 29.2 Å². The third-order valence-corrected chi connectivity index (χ3v) is 4.56. The van der Waals surface area contributed by atoms with Crippen molar-refractivity contribution in [1.29, 1.82) is 0 Å². The molecule has 0 saturated heterocycles. The minimum atomic E-state index is -0.428. The quantitative estimate of drug-likeness (QED) is 0.851. The number of imide groups is 1. The first-order chi connectivity index (χ1) is 12.0. The number of anilines is 1. The van der Waals surface area contributed by atoms with Crippen LogP contribution in [0.25, 0.3) is 0 Å². The van der Waals surface area contributed by atoms with Crippen LogP contribution in [0.15, 0.2) is 48.5 Å². The van der Waals surface area contributed by atoms with E-state index in [0.717, 1.165) is 11.3 Å². The van der Waals surface area contributed by atoms with E-state index in [4.69, 9.17) is 0 Å². The maximum absolute atomic E-state index is 12.3. The minimum absolute atomic E-state index is 0.292. The van der Waals surface area contributed by atoms with Gasteiger partial charge in [0.25, 0.3) is 11.8 Å². The zero-order valence-corrected chi connectivity index (χ0v) is 14.3. The van der Waals surface area contributed by atoms with E-state index in [-0.39, 0.29) is 6.54 Å². The van der Waals surface area contributed by atoms with Crippen LogP contribution in [0.1, 0.15) is 52.5 Å². The van der Waals surface area contributed by atoms with Gasteiger partial charge in [-0.3, -0.25) is 19.3 Å². The lowest BCUT2D eigenvalue weighted by atomic mass is 9.99. The molecule has 128 valence electrons. The molecule has 5 nitrogen and oxygen atoms in total. The van der Waals surface area contributed by atoms with E-state index in [0.29, 0.717) is 22.7 Å². The van der Waals surface area contributed by atoms with Crippen LogP contribution in [0.3, 0.4) is 0 Å². The average Bonchev–Trinajstić information content (AvgIpc) is 2.87. The number of nitrogens with one attached hydrogen (secondary N) is 1. The first-order valence-electron chi connectivity index (χ1n) is 8.36. The fraction of sp³-hybridized carbons (Fsp3) is 0.250. The largest absolute Gasteiger partial charge is 0.325 e. The van der Waals surface area contributed by atoms with E-state index in [1.165, 1.54) is 5.56 Å². The Kier molecular flexibility index (Phi) is 4.65. The molecule has 5 heteroatoms. The Hall–Kier alpha value is -2.95. The maximum Gasteiger partial charge on any atom is 0.262 e. The molecule has 3 amide bonds. The van der Waals surface area contributed by atoms with Crippen molar-refractivity contribution in [1.82, 2.24) is 4.90 Å². The number of fused-ring (bicyclic) bond motifs is 1. The Bertz CT molecular complexity index is 792. The summed E-state index contributed by atoms with van der Waals surface area (Å²) in [5.74, 6) is -0.792. The van der Waals surface area contributed by atoms with E-state index in [9.17, 15) is 14.4 Å². The van der Waals surface area contributed by atoms with Crippen molar-refractivity contribution < 1.29 is 14.4 Å². The maximum atomic E-state index is 12.3. The Morgan fingerprint density at radius 2 is 1.56 bits per heavy atom. The van der Waals surface area contributed by atoms with Gasteiger partial charge in [0.05, 0.1) is 11.1 Å². The van der Waals surface area contributed by atoms with E-state index < -0.39 is 17.7 Å². The molecule has 0 aromatic heterocycles. The molecule has 0 fully saturated rings. The van der Waals surface area contributed by atoms with E-state index in [1.54, 1.807) is 24.3 Å². The van der Waals surface area contributed by atoms with Crippen LogP contribution in [0, 0.1) is 0 Å². The van der Waals surface area contributed by atoms with Gasteiger partial charge >= 0.3 is 0 Å². The summed E-state index contributed by atoms with van der Waals surface area (Å²) in [5, 5.41) is 2.74. The lowest BCUT2D eigenvalue weighted by molar-refractivity contribution is -0.116. The summed E-state index contributed by atoms with van der Waals surface area (Å²) in [6, 6.07) is 14.2. The molecule has 1 atom stereocenters. The molecule has 1 heterocycles. The van der Waals surface area contributed by atoms with Crippen molar-refractivity contribution >= 4 is 23.4 Å². The summed E-state index contributed by atoms with van der Waals surface area (Å²) in [7, 11) is 0. The molecule has 0 radical (unpaired) electrons. The minimum Gasteiger partial charge on any atom is -0.325 e. The average molecular weight is 336 g/mol. The normalized spacial score (nSPS) is 14.4. The number of hydrogen-bond acceptors (Lipinski definition) is 3. The topological polar surface area (TPSA) is 66.5 Å². The highest BCUT2D eigenvalue weighted by Gasteiger charge is 2.36. The zero-order chi connectivity index (χ0) is 18.0. The summed E-state index contributed by atoms with van der Waals surface area (Å²) in [5.41, 5.74) is 2.55. The van der Waals surface area contributed by atoms with Gasteiger partial charge in [-0.2, -0.15) is 0 Å². The lowest BCUT2D eigenvalue weighted by Gasteiger charge is -2.14. The number of benzene rings is 2. The summed E-state index contributed by atoms with van der Waals surface area (Å²) < 4.78 is 0. The van der Waals surface area contributed by atoms with Crippen LogP contribution >= 0.6 is 0 Å². The summed E-state index contributed by atoms with van der Waals surface area (Å²) in [6.07, 6.45) is 1.05. The van der Waals surface area contributed by atoms with Crippen LogP contribution in [0.4, 0.5) is 5.69 Å². The highest BCUT2D eigenvalue weighted by molar-refractivity contribution is 6.22. The number of carbonyl (C=O) groups is 3. The number of carbonyl (C=O) groups excluding carboxylic acids is 3. The third kappa shape index (κ3) is 3.31. The number of rotatable bonds is 5. The molecule has 1 N–H and O–H groups in total. The van der Waals surface area contributed by atoms with Gasteiger partial charge in [0.1, 0.15) is 6.54 Å². The molecular formula is C20H20N2O3. The van der Waals surface area contributed by atoms with Crippen LogP contribution in [0.5, 0.6) is 0 Å². The zero-order valence-electron chi connectivity index (χ0n) is 14.3. The summed E-state index contributed by atoms with van der Waals surface area (Å²) in [6.45, 7) is 3.98. The monoisotopic (exact) mass is 336 g/mol. The van der Waals surface area contributed by atoms with Gasteiger partial charge in [-0.25, -0.2) is 0 Å². The van der Waals surface area contributed by atoms with Crippen molar-refractivity contribution in [2.24, 2.45) is 0 Å². The molecule has 1 aliphatic heterocycles. The Morgan fingerprint density at radius 1 is 1.00 bits per heavy atom. The molecular weight excluding hydrogens is 316 g/mol. The first kappa shape index (κ1) is 16.9. The van der Waals surface area contributed by atoms with Crippen molar-refractivity contribution in [3.63, 3.8) is 0 Å². The number of nitrogens with zero attached hydrogens (tertiary/aromatic N) is 1. The molecule has 2 aromatic carbocycles. The predicted octanol–water partition coefficient (Wildman–Crippen LogP) is 3.43. The number of hydrogen-bond donors (Lipinski definition) is 1. The fourth-order valence-electron chi connectivity index (χ4n) is 2.86. The highest BCUT2D eigenvalue weighted by atomic mass is 16.2. The molecule has 0 unspecified atom stereocenters. The van der Waals surface area contributed by atoms with Gasteiger partial charge < -0.3 is 5.32 Å². The third-order valence-electron chi connectivity index (χ3n) is 4.56. The van der Waals surface area contributed by atoms with E-state index in [1.807, 2.05) is 24.3 Å². The fourth-order valence-corrected chi connectivity index (χ4v) is 2.86. The Labute approximate surface area is 146 Å². The summed E-state index contributed by atoms with van der Waals surface area (Å²) in [4.78, 5) is 37.8. The second kappa shape index (κ2) is 6.89. The van der Waals surface area contributed by atoms with Gasteiger partial charge in [0.2, 0.25) is 5.91 Å². The molecule has 25 heavy (non-hydrogen) atoms. The predicted molar refractivity (Wildman–Crippen MR) is 95.6 cm³/mol. The summed E-state index contributed by atoms with van der Waals surface area (Å²) >= 11 is 0. The van der Waals surface area contributed by atoms with Crippen molar-refractivity contribution in [2.75, 3.05) is 11.9 Å². The first-order valence-corrected chi connectivity index (χ1v) is 8.36. The van der Waals surface area contributed by atoms with Gasteiger partial charge in [-0.05, 0) is 42.2 Å². The van der Waals surface area contributed by atoms with E-state index >= 15 is 0 Å². The Balaban J connectivity index is 1.66. The second-order valence-electron chi connectivity index (χ2n) is 6.22. The lowest BCUT2D eigenvalue weighted by Crippen LogP contribution is -2.37. The molecule has 0 aliphatic carbocycles. The van der Waals surface area contributed by atoms with E-state index in [2.05, 4.69) is 19.2 Å². The van der Waals surface area contributed by atoms with Crippen molar-refractivity contribution in [3.05, 3.63) is 65.2 Å². The number of amides is 3. The molecule has 0 saturated carbocycles. The van der Waals surface area contributed by atoms with Gasteiger partial charge in [-0.1, -0.05) is 38.1 Å². The molecule has 0 spiro atoms. The van der Waals surface area contributed by atoms with Gasteiger partial charge in [-0.15, -0.1) is 0 Å².